The van der Waals surface area contributed by atoms with Crippen LogP contribution in [0.1, 0.15) is 0 Å². The molecule has 62 heavy (non-hydrogen) atoms. The summed E-state index contributed by atoms with van der Waals surface area (Å²) in [7, 11) is 0. The highest BCUT2D eigenvalue weighted by Crippen LogP contribution is 2.48. The van der Waals surface area contributed by atoms with Crippen LogP contribution in [-0.2, 0) is 0 Å². The molecule has 0 aliphatic carbocycles. The second-order valence-corrected chi connectivity index (χ2v) is 16.5. The van der Waals surface area contributed by atoms with Crippen molar-refractivity contribution in [2.24, 2.45) is 0 Å². The highest BCUT2D eigenvalue weighted by Gasteiger charge is 2.23. The highest BCUT2D eigenvalue weighted by molar-refractivity contribution is 6.18. The topological polar surface area (TPSA) is 16.4 Å². The number of benzene rings is 12. The third-order valence-electron chi connectivity index (χ3n) is 12.9. The Morgan fingerprint density at radius 2 is 0.839 bits per heavy atom. The number of hydrogen-bond donors (Lipinski definition) is 0. The Morgan fingerprint density at radius 1 is 0.274 bits per heavy atom. The molecule has 0 aliphatic rings. The predicted molar refractivity (Wildman–Crippen MR) is 264 cm³/mol. The van der Waals surface area contributed by atoms with Gasteiger partial charge in [0, 0.05) is 16.5 Å². The summed E-state index contributed by atoms with van der Waals surface area (Å²) in [4.78, 5) is 2.45. The lowest BCUT2D eigenvalue weighted by molar-refractivity contribution is 0.669. The van der Waals surface area contributed by atoms with Gasteiger partial charge in [0.1, 0.15) is 11.2 Å². The SMILES string of the molecule is c1ccc2cc(-c3ccc(N(c4ccc5cc(-c6cc7ccccc7c7ccccc67)ccc5c4)c4cccc5oc6cc7ccccc7cc6c45)c4ccccc34)ccc2c1. The van der Waals surface area contributed by atoms with E-state index in [1.807, 2.05) is 0 Å². The zero-order valence-corrected chi connectivity index (χ0v) is 33.7. The van der Waals surface area contributed by atoms with Crippen LogP contribution < -0.4 is 4.90 Å². The van der Waals surface area contributed by atoms with Gasteiger partial charge in [-0.1, -0.05) is 164 Å². The van der Waals surface area contributed by atoms with Crippen molar-refractivity contribution in [3.63, 3.8) is 0 Å². The second-order valence-electron chi connectivity index (χ2n) is 16.5. The van der Waals surface area contributed by atoms with Gasteiger partial charge in [-0.2, -0.15) is 0 Å². The second kappa shape index (κ2) is 13.7. The molecule has 0 N–H and O–H groups in total. The van der Waals surface area contributed by atoms with E-state index in [-0.39, 0.29) is 0 Å². The summed E-state index contributed by atoms with van der Waals surface area (Å²) in [6, 6.07) is 82.0. The maximum atomic E-state index is 6.68. The summed E-state index contributed by atoms with van der Waals surface area (Å²) in [6.07, 6.45) is 0. The van der Waals surface area contributed by atoms with E-state index in [1.54, 1.807) is 0 Å². The molecule has 1 aromatic heterocycles. The Hall–Kier alpha value is -8.20. The third-order valence-corrected chi connectivity index (χ3v) is 12.9. The minimum atomic E-state index is 0.864. The normalized spacial score (nSPS) is 11.9. The lowest BCUT2D eigenvalue weighted by Crippen LogP contribution is -2.11. The molecule has 0 unspecified atom stereocenters. The number of rotatable bonds is 5. The average Bonchev–Trinajstić information content (AvgIpc) is 3.70. The zero-order valence-electron chi connectivity index (χ0n) is 33.7. The van der Waals surface area contributed by atoms with E-state index in [2.05, 4.69) is 229 Å². The minimum Gasteiger partial charge on any atom is -0.456 e. The Balaban J connectivity index is 1.03. The number of hydrogen-bond acceptors (Lipinski definition) is 2. The van der Waals surface area contributed by atoms with Gasteiger partial charge in [-0.3, -0.25) is 0 Å². The van der Waals surface area contributed by atoms with Crippen molar-refractivity contribution in [2.45, 2.75) is 0 Å². The first kappa shape index (κ1) is 34.6. The first-order valence-corrected chi connectivity index (χ1v) is 21.3. The molecule has 0 amide bonds. The van der Waals surface area contributed by atoms with Crippen LogP contribution >= 0.6 is 0 Å². The minimum absolute atomic E-state index is 0.864. The van der Waals surface area contributed by atoms with Gasteiger partial charge < -0.3 is 9.32 Å². The fraction of sp³-hybridized carbons (Fsp3) is 0. The molecule has 0 atom stereocenters. The molecule has 1 heterocycles. The number of furan rings is 1. The molecule has 0 saturated heterocycles. The summed E-state index contributed by atoms with van der Waals surface area (Å²) >= 11 is 0. The van der Waals surface area contributed by atoms with Crippen molar-refractivity contribution < 1.29 is 4.42 Å². The molecule has 2 nitrogen and oxygen atoms in total. The number of fused-ring (bicyclic) bond motifs is 10. The van der Waals surface area contributed by atoms with E-state index in [1.165, 1.54) is 86.9 Å². The molecule has 0 spiro atoms. The largest absolute Gasteiger partial charge is 0.456 e. The molecule has 0 radical (unpaired) electrons. The lowest BCUT2D eigenvalue weighted by Gasteiger charge is -2.28. The molecule has 0 saturated carbocycles. The Bertz CT molecular complexity index is 3950. The van der Waals surface area contributed by atoms with Gasteiger partial charge in [0.05, 0.1) is 16.8 Å². The quantitative estimate of drug-likeness (QED) is 0.162. The van der Waals surface area contributed by atoms with Crippen LogP contribution in [-0.4, -0.2) is 0 Å². The van der Waals surface area contributed by atoms with Gasteiger partial charge in [0.2, 0.25) is 0 Å². The van der Waals surface area contributed by atoms with E-state index in [0.717, 1.165) is 39.0 Å². The van der Waals surface area contributed by atoms with Crippen molar-refractivity contribution in [2.75, 3.05) is 4.90 Å². The van der Waals surface area contributed by atoms with E-state index in [9.17, 15) is 0 Å². The molecule has 0 bridgehead atoms. The van der Waals surface area contributed by atoms with Crippen molar-refractivity contribution in [1.82, 2.24) is 0 Å². The molecule has 0 fully saturated rings. The predicted octanol–water partition coefficient (Wildman–Crippen LogP) is 17.3. The van der Waals surface area contributed by atoms with E-state index < -0.39 is 0 Å². The Kier molecular flexibility index (Phi) is 7.64. The summed E-state index contributed by atoms with van der Waals surface area (Å²) in [6.45, 7) is 0. The van der Waals surface area contributed by atoms with Gasteiger partial charge in [0.15, 0.2) is 0 Å². The van der Waals surface area contributed by atoms with Crippen molar-refractivity contribution in [3.8, 4) is 22.3 Å². The maximum absolute atomic E-state index is 6.68. The third kappa shape index (κ3) is 5.44. The van der Waals surface area contributed by atoms with Crippen molar-refractivity contribution in [3.05, 3.63) is 224 Å². The summed E-state index contributed by atoms with van der Waals surface area (Å²) < 4.78 is 6.68. The Labute approximate surface area is 358 Å². The first-order chi connectivity index (χ1) is 30.7. The van der Waals surface area contributed by atoms with E-state index >= 15 is 0 Å². The zero-order chi connectivity index (χ0) is 40.7. The summed E-state index contributed by atoms with van der Waals surface area (Å²) in [5.74, 6) is 0. The molecular weight excluding hydrogens is 751 g/mol. The van der Waals surface area contributed by atoms with Gasteiger partial charge in [-0.15, -0.1) is 0 Å². The fourth-order valence-electron chi connectivity index (χ4n) is 10.0. The van der Waals surface area contributed by atoms with Crippen molar-refractivity contribution in [1.29, 1.82) is 0 Å². The van der Waals surface area contributed by atoms with Crippen LogP contribution in [0.25, 0.3) is 109 Å². The fourth-order valence-corrected chi connectivity index (χ4v) is 10.0. The van der Waals surface area contributed by atoms with Crippen LogP contribution in [0.2, 0.25) is 0 Å². The van der Waals surface area contributed by atoms with Gasteiger partial charge in [-0.25, -0.2) is 0 Å². The molecule has 288 valence electrons. The lowest BCUT2D eigenvalue weighted by atomic mass is 9.92. The molecule has 0 aliphatic heterocycles. The van der Waals surface area contributed by atoms with Crippen LogP contribution in [0.15, 0.2) is 229 Å². The summed E-state index contributed by atoms with van der Waals surface area (Å²) in [5, 5.41) is 16.8. The monoisotopic (exact) mass is 787 g/mol. The van der Waals surface area contributed by atoms with Crippen LogP contribution in [0.5, 0.6) is 0 Å². The van der Waals surface area contributed by atoms with Crippen LogP contribution in [0, 0.1) is 0 Å². The average molecular weight is 788 g/mol. The first-order valence-electron chi connectivity index (χ1n) is 21.3. The van der Waals surface area contributed by atoms with Gasteiger partial charge in [-0.05, 0) is 142 Å². The molecule has 2 heteroatoms. The Morgan fingerprint density at radius 3 is 1.63 bits per heavy atom. The molecule has 12 aromatic carbocycles. The molecule has 13 aromatic rings. The van der Waals surface area contributed by atoms with E-state index in [0.29, 0.717) is 0 Å². The van der Waals surface area contributed by atoms with E-state index in [4.69, 9.17) is 4.42 Å². The molecular formula is C60H37NO. The maximum Gasteiger partial charge on any atom is 0.137 e. The summed E-state index contributed by atoms with van der Waals surface area (Å²) in [5.41, 5.74) is 9.86. The van der Waals surface area contributed by atoms with Gasteiger partial charge in [0.25, 0.3) is 0 Å². The van der Waals surface area contributed by atoms with Crippen molar-refractivity contribution >= 4 is 104 Å². The van der Waals surface area contributed by atoms with Crippen LogP contribution in [0.3, 0.4) is 0 Å². The number of nitrogens with zero attached hydrogens (tertiary/aromatic N) is 1. The van der Waals surface area contributed by atoms with Crippen LogP contribution in [0.4, 0.5) is 17.1 Å². The van der Waals surface area contributed by atoms with Gasteiger partial charge >= 0.3 is 0 Å². The molecule has 13 rings (SSSR count). The standard InChI is InChI=1S/C60H37NO/c1-2-13-39-32-45(26-24-38(39)12-1)49-30-31-56(53-21-10-9-19-51(49)53)61(57-22-11-23-58-60(57)55-35-40-14-3-4-15-41(40)37-59(55)62-58)47-29-28-42-33-46(27-25-43(42)34-47)54-36-44-16-5-6-17-48(44)50-18-7-8-20-52(50)54/h1-37H. The number of anilines is 3. The smallest absolute Gasteiger partial charge is 0.137 e. The highest BCUT2D eigenvalue weighted by atomic mass is 16.3.